The van der Waals surface area contributed by atoms with Crippen LogP contribution in [-0.2, 0) is 6.61 Å². The summed E-state index contributed by atoms with van der Waals surface area (Å²) in [6.45, 7) is -0.0315. The minimum atomic E-state index is -0.431. The van der Waals surface area contributed by atoms with Crippen LogP contribution in [0.2, 0.25) is 5.02 Å². The molecule has 0 bridgehead atoms. The van der Waals surface area contributed by atoms with E-state index < -0.39 is 5.82 Å². The Balaban J connectivity index is 1.39. The fourth-order valence-electron chi connectivity index (χ4n) is 3.44. The number of Topliss-reactive ketones (excluding diaryl/α,β-unsaturated/α-hetero) is 1. The normalized spacial score (nSPS) is 14.2. The Morgan fingerprint density at radius 2 is 1.97 bits per heavy atom. The summed E-state index contributed by atoms with van der Waals surface area (Å²) in [7, 11) is 0. The second kappa shape index (κ2) is 7.35. The molecule has 0 aliphatic carbocycles. The summed E-state index contributed by atoms with van der Waals surface area (Å²) in [6, 6.07) is 17.2. The standard InChI is InChI=1S/C24H15ClFNO3/c25-19-5-3-6-20(26)18(19)13-29-15-8-9-17-22(11-15)30-23(24(17)28)10-14-12-27-21-7-2-1-4-16(14)21/h1-12,27H,13H2. The van der Waals surface area contributed by atoms with Crippen molar-refractivity contribution < 1.29 is 18.7 Å². The fraction of sp³-hybridized carbons (Fsp3) is 0.0417. The molecule has 1 aliphatic heterocycles. The van der Waals surface area contributed by atoms with E-state index in [4.69, 9.17) is 21.1 Å². The number of benzene rings is 3. The molecule has 30 heavy (non-hydrogen) atoms. The third kappa shape index (κ3) is 3.23. The molecule has 0 saturated heterocycles. The molecule has 5 rings (SSSR count). The monoisotopic (exact) mass is 419 g/mol. The van der Waals surface area contributed by atoms with E-state index in [2.05, 4.69) is 4.98 Å². The highest BCUT2D eigenvalue weighted by Crippen LogP contribution is 2.36. The lowest BCUT2D eigenvalue weighted by Crippen LogP contribution is -1.99. The highest BCUT2D eigenvalue weighted by molar-refractivity contribution is 6.31. The minimum Gasteiger partial charge on any atom is -0.489 e. The van der Waals surface area contributed by atoms with Crippen molar-refractivity contribution in [3.63, 3.8) is 0 Å². The maximum atomic E-state index is 13.9. The number of hydrogen-bond acceptors (Lipinski definition) is 3. The quantitative estimate of drug-likeness (QED) is 0.403. The van der Waals surface area contributed by atoms with Gasteiger partial charge in [-0.3, -0.25) is 4.79 Å². The van der Waals surface area contributed by atoms with Crippen LogP contribution in [0.5, 0.6) is 11.5 Å². The van der Waals surface area contributed by atoms with Gasteiger partial charge in [0.15, 0.2) is 5.76 Å². The van der Waals surface area contributed by atoms with Gasteiger partial charge in [-0.1, -0.05) is 35.9 Å². The molecule has 0 amide bonds. The summed E-state index contributed by atoms with van der Waals surface area (Å²) in [5.74, 6) is 0.472. The van der Waals surface area contributed by atoms with Crippen LogP contribution in [0, 0.1) is 5.82 Å². The lowest BCUT2D eigenvalue weighted by atomic mass is 10.1. The highest BCUT2D eigenvalue weighted by atomic mass is 35.5. The summed E-state index contributed by atoms with van der Waals surface area (Å²) in [5.41, 5.74) is 2.58. The maximum Gasteiger partial charge on any atom is 0.231 e. The van der Waals surface area contributed by atoms with Crippen LogP contribution in [-0.4, -0.2) is 10.8 Å². The van der Waals surface area contributed by atoms with Crippen LogP contribution in [0.4, 0.5) is 4.39 Å². The fourth-order valence-corrected chi connectivity index (χ4v) is 3.65. The van der Waals surface area contributed by atoms with Crippen LogP contribution < -0.4 is 9.47 Å². The number of hydrogen-bond donors (Lipinski definition) is 1. The Kier molecular flexibility index (Phi) is 4.52. The SMILES string of the molecule is O=C1C(=Cc2c[nH]c3ccccc23)Oc2cc(OCc3c(F)cccc3Cl)ccc21. The number of H-pyrrole nitrogens is 1. The number of halogens is 2. The van der Waals surface area contributed by atoms with Crippen molar-refractivity contribution in [3.8, 4) is 11.5 Å². The molecule has 0 atom stereocenters. The minimum absolute atomic E-state index is 0.0315. The summed E-state index contributed by atoms with van der Waals surface area (Å²) < 4.78 is 25.4. The Labute approximate surface area is 176 Å². The molecule has 4 nitrogen and oxygen atoms in total. The second-order valence-electron chi connectivity index (χ2n) is 6.88. The lowest BCUT2D eigenvalue weighted by molar-refractivity contribution is 0.101. The van der Waals surface area contributed by atoms with Gasteiger partial charge in [-0.05, 0) is 36.4 Å². The van der Waals surface area contributed by atoms with Crippen LogP contribution >= 0.6 is 11.6 Å². The molecule has 4 aromatic rings. The number of fused-ring (bicyclic) bond motifs is 2. The van der Waals surface area contributed by atoms with E-state index in [-0.39, 0.29) is 23.7 Å². The van der Waals surface area contributed by atoms with E-state index >= 15 is 0 Å². The molecule has 1 aromatic heterocycles. The van der Waals surface area contributed by atoms with Crippen molar-refractivity contribution in [2.24, 2.45) is 0 Å². The average molecular weight is 420 g/mol. The molecule has 0 unspecified atom stereocenters. The Bertz CT molecular complexity index is 1310. The van der Waals surface area contributed by atoms with Crippen molar-refractivity contribution in [2.45, 2.75) is 6.61 Å². The molecule has 0 radical (unpaired) electrons. The van der Waals surface area contributed by atoms with Crippen molar-refractivity contribution in [2.75, 3.05) is 0 Å². The summed E-state index contributed by atoms with van der Waals surface area (Å²) >= 11 is 6.04. The molecule has 148 valence electrons. The number of allylic oxidation sites excluding steroid dienone is 1. The molecule has 0 fully saturated rings. The predicted molar refractivity (Wildman–Crippen MR) is 113 cm³/mol. The number of para-hydroxylation sites is 1. The molecular formula is C24H15ClFNO3. The first-order valence-corrected chi connectivity index (χ1v) is 9.68. The smallest absolute Gasteiger partial charge is 0.231 e. The van der Waals surface area contributed by atoms with Crippen molar-refractivity contribution in [3.05, 3.63) is 100 Å². The van der Waals surface area contributed by atoms with E-state index in [1.165, 1.54) is 12.1 Å². The maximum absolute atomic E-state index is 13.9. The van der Waals surface area contributed by atoms with Crippen LogP contribution in [0.1, 0.15) is 21.5 Å². The molecule has 0 spiro atoms. The number of aromatic nitrogens is 1. The van der Waals surface area contributed by atoms with E-state index in [9.17, 15) is 9.18 Å². The van der Waals surface area contributed by atoms with Gasteiger partial charge in [0.05, 0.1) is 10.6 Å². The van der Waals surface area contributed by atoms with Crippen LogP contribution in [0.3, 0.4) is 0 Å². The lowest BCUT2D eigenvalue weighted by Gasteiger charge is -2.09. The number of nitrogens with one attached hydrogen (secondary N) is 1. The molecule has 0 saturated carbocycles. The number of rotatable bonds is 4. The van der Waals surface area contributed by atoms with Gasteiger partial charge < -0.3 is 14.5 Å². The zero-order valence-corrected chi connectivity index (χ0v) is 16.4. The molecule has 3 aromatic carbocycles. The zero-order valence-electron chi connectivity index (χ0n) is 15.6. The van der Waals surface area contributed by atoms with Crippen LogP contribution in [0.25, 0.3) is 17.0 Å². The first-order chi connectivity index (χ1) is 14.6. The molecular weight excluding hydrogens is 405 g/mol. The Hall–Kier alpha value is -3.57. The zero-order chi connectivity index (χ0) is 20.7. The van der Waals surface area contributed by atoms with Crippen molar-refractivity contribution >= 4 is 34.4 Å². The number of aromatic amines is 1. The van der Waals surface area contributed by atoms with Crippen molar-refractivity contribution in [1.29, 1.82) is 0 Å². The van der Waals surface area contributed by atoms with E-state index in [1.807, 2.05) is 30.5 Å². The van der Waals surface area contributed by atoms with Gasteiger partial charge >= 0.3 is 0 Å². The number of ether oxygens (including phenoxy) is 2. The topological polar surface area (TPSA) is 51.3 Å². The highest BCUT2D eigenvalue weighted by Gasteiger charge is 2.28. The third-order valence-electron chi connectivity index (χ3n) is 4.99. The molecule has 1 N–H and O–H groups in total. The molecule has 2 heterocycles. The van der Waals surface area contributed by atoms with Gasteiger partial charge in [0.25, 0.3) is 0 Å². The van der Waals surface area contributed by atoms with Gasteiger partial charge in [0, 0.05) is 34.3 Å². The number of carbonyl (C=O) groups excluding carboxylic acids is 1. The van der Waals surface area contributed by atoms with Crippen molar-refractivity contribution in [1.82, 2.24) is 4.98 Å². The summed E-state index contributed by atoms with van der Waals surface area (Å²) in [4.78, 5) is 15.9. The van der Waals surface area contributed by atoms with Gasteiger partial charge in [-0.25, -0.2) is 4.39 Å². The largest absolute Gasteiger partial charge is 0.489 e. The second-order valence-corrected chi connectivity index (χ2v) is 7.28. The Morgan fingerprint density at radius 1 is 1.10 bits per heavy atom. The summed E-state index contributed by atoms with van der Waals surface area (Å²) in [5, 5.41) is 1.30. The summed E-state index contributed by atoms with van der Waals surface area (Å²) in [6.07, 6.45) is 3.56. The van der Waals surface area contributed by atoms with Crippen LogP contribution in [0.15, 0.2) is 72.6 Å². The van der Waals surface area contributed by atoms with E-state index in [1.54, 1.807) is 30.3 Å². The van der Waals surface area contributed by atoms with Gasteiger partial charge in [-0.15, -0.1) is 0 Å². The number of carbonyl (C=O) groups is 1. The van der Waals surface area contributed by atoms with E-state index in [0.717, 1.165) is 16.5 Å². The Morgan fingerprint density at radius 3 is 2.83 bits per heavy atom. The van der Waals surface area contributed by atoms with Gasteiger partial charge in [0.2, 0.25) is 5.78 Å². The van der Waals surface area contributed by atoms with Gasteiger partial charge in [-0.2, -0.15) is 0 Å². The predicted octanol–water partition coefficient (Wildman–Crippen LogP) is 6.16. The molecule has 6 heteroatoms. The van der Waals surface area contributed by atoms with Gasteiger partial charge in [0.1, 0.15) is 23.9 Å². The average Bonchev–Trinajstić information content (AvgIpc) is 3.29. The first-order valence-electron chi connectivity index (χ1n) is 9.30. The number of ketones is 1. The van der Waals surface area contributed by atoms with E-state index in [0.29, 0.717) is 22.1 Å². The third-order valence-corrected chi connectivity index (χ3v) is 5.35. The first kappa shape index (κ1) is 18.5. The molecule has 1 aliphatic rings.